The number of carbonyl (C=O) groups is 1. The molecule has 1 saturated heterocycles. The molecular weight excluding hydrogens is 234 g/mol. The van der Waals surface area contributed by atoms with E-state index in [2.05, 4.69) is 54.7 Å². The van der Waals surface area contributed by atoms with Crippen LogP contribution >= 0.6 is 0 Å². The van der Waals surface area contributed by atoms with E-state index in [4.69, 9.17) is 0 Å². The van der Waals surface area contributed by atoms with Crippen LogP contribution in [0.4, 0.5) is 0 Å². The van der Waals surface area contributed by atoms with Crippen LogP contribution in [0, 0.1) is 0 Å². The summed E-state index contributed by atoms with van der Waals surface area (Å²) >= 11 is 0. The molecule has 0 spiro atoms. The first-order valence-corrected chi connectivity index (χ1v) is 6.99. The van der Waals surface area contributed by atoms with Crippen LogP contribution in [-0.4, -0.2) is 11.4 Å². The molecule has 1 atom stereocenters. The first kappa shape index (κ1) is 12.2. The third kappa shape index (κ3) is 2.35. The van der Waals surface area contributed by atoms with Crippen molar-refractivity contribution in [1.82, 2.24) is 5.32 Å². The Hall–Kier alpha value is -1.83. The van der Waals surface area contributed by atoms with Crippen molar-refractivity contribution < 1.29 is 4.79 Å². The number of carbonyl (C=O) groups excluding carboxylic acids is 1. The molecule has 98 valence electrons. The van der Waals surface area contributed by atoms with E-state index in [1.807, 2.05) is 0 Å². The molecule has 0 saturated carbocycles. The molecule has 0 aromatic heterocycles. The summed E-state index contributed by atoms with van der Waals surface area (Å²) in [6.45, 7) is 2.16. The van der Waals surface area contributed by atoms with Gasteiger partial charge in [-0.2, -0.15) is 0 Å². The van der Waals surface area contributed by atoms with E-state index >= 15 is 0 Å². The molecule has 1 amide bonds. The lowest BCUT2D eigenvalue weighted by molar-refractivity contribution is -0.119. The fraction of sp³-hybridized carbons (Fsp3) is 0.353. The molecule has 2 nitrogen and oxygen atoms in total. The molecule has 1 fully saturated rings. The standard InChI is InChI=1S/C17H19NO/c1-2-17(10-9-16(19)18-17)12-13-7-8-14-5-3-4-6-15(14)11-13/h3-8,11H,2,9-10,12H2,1H3,(H,18,19). The molecule has 19 heavy (non-hydrogen) atoms. The predicted octanol–water partition coefficient (Wildman–Crippen LogP) is 3.44. The number of benzene rings is 2. The van der Waals surface area contributed by atoms with Crippen molar-refractivity contribution >= 4 is 16.7 Å². The molecule has 0 bridgehead atoms. The molecule has 3 rings (SSSR count). The maximum Gasteiger partial charge on any atom is 0.220 e. The number of amides is 1. The van der Waals surface area contributed by atoms with Gasteiger partial charge in [-0.3, -0.25) is 4.79 Å². The van der Waals surface area contributed by atoms with Gasteiger partial charge in [0, 0.05) is 12.0 Å². The zero-order valence-electron chi connectivity index (χ0n) is 11.3. The van der Waals surface area contributed by atoms with Crippen LogP contribution in [0.2, 0.25) is 0 Å². The summed E-state index contributed by atoms with van der Waals surface area (Å²) in [7, 11) is 0. The van der Waals surface area contributed by atoms with Gasteiger partial charge in [0.05, 0.1) is 0 Å². The monoisotopic (exact) mass is 253 g/mol. The topological polar surface area (TPSA) is 29.1 Å². The summed E-state index contributed by atoms with van der Waals surface area (Å²) < 4.78 is 0. The van der Waals surface area contributed by atoms with E-state index in [-0.39, 0.29) is 11.4 Å². The second-order valence-electron chi connectivity index (χ2n) is 5.54. The van der Waals surface area contributed by atoms with Crippen molar-refractivity contribution in [3.8, 4) is 0 Å². The number of nitrogens with one attached hydrogen (secondary N) is 1. The molecule has 2 aromatic rings. The maximum atomic E-state index is 11.5. The van der Waals surface area contributed by atoms with E-state index in [1.165, 1.54) is 16.3 Å². The van der Waals surface area contributed by atoms with E-state index in [0.29, 0.717) is 6.42 Å². The zero-order valence-corrected chi connectivity index (χ0v) is 11.3. The summed E-state index contributed by atoms with van der Waals surface area (Å²) in [5.74, 6) is 0.197. The van der Waals surface area contributed by atoms with Gasteiger partial charge in [0.15, 0.2) is 0 Å². The molecule has 1 heterocycles. The van der Waals surface area contributed by atoms with Crippen LogP contribution in [0.1, 0.15) is 31.7 Å². The molecule has 1 aliphatic rings. The van der Waals surface area contributed by atoms with E-state index in [1.54, 1.807) is 0 Å². The number of hydrogen-bond donors (Lipinski definition) is 1. The Labute approximate surface area is 113 Å². The lowest BCUT2D eigenvalue weighted by Crippen LogP contribution is -2.42. The van der Waals surface area contributed by atoms with E-state index in [0.717, 1.165) is 19.3 Å². The lowest BCUT2D eigenvalue weighted by Gasteiger charge is -2.28. The molecule has 1 aliphatic heterocycles. The summed E-state index contributed by atoms with van der Waals surface area (Å²) in [5, 5.41) is 5.72. The number of rotatable bonds is 3. The highest BCUT2D eigenvalue weighted by Crippen LogP contribution is 2.29. The first-order valence-electron chi connectivity index (χ1n) is 6.99. The van der Waals surface area contributed by atoms with Gasteiger partial charge >= 0.3 is 0 Å². The highest BCUT2D eigenvalue weighted by Gasteiger charge is 2.35. The summed E-state index contributed by atoms with van der Waals surface area (Å²) in [6, 6.07) is 15.0. The van der Waals surface area contributed by atoms with E-state index < -0.39 is 0 Å². The highest BCUT2D eigenvalue weighted by molar-refractivity contribution is 5.83. The Morgan fingerprint density at radius 1 is 1.16 bits per heavy atom. The Kier molecular flexibility index (Phi) is 3.02. The molecule has 2 aromatic carbocycles. The minimum atomic E-state index is -0.0282. The predicted molar refractivity (Wildman–Crippen MR) is 78.1 cm³/mol. The molecule has 0 aliphatic carbocycles. The van der Waals surface area contributed by atoms with Crippen molar-refractivity contribution in [1.29, 1.82) is 0 Å². The Bertz CT molecular complexity index is 619. The molecule has 1 unspecified atom stereocenters. The molecule has 2 heteroatoms. The first-order chi connectivity index (χ1) is 9.21. The minimum Gasteiger partial charge on any atom is -0.350 e. The van der Waals surface area contributed by atoms with Crippen LogP contribution in [-0.2, 0) is 11.2 Å². The van der Waals surface area contributed by atoms with Crippen LogP contribution in [0.25, 0.3) is 10.8 Å². The summed E-state index contributed by atoms with van der Waals surface area (Å²) in [5.41, 5.74) is 1.28. The van der Waals surface area contributed by atoms with Crippen LogP contribution < -0.4 is 5.32 Å². The normalized spacial score (nSPS) is 22.7. The van der Waals surface area contributed by atoms with E-state index in [9.17, 15) is 4.79 Å². The van der Waals surface area contributed by atoms with Crippen molar-refractivity contribution in [2.75, 3.05) is 0 Å². The van der Waals surface area contributed by atoms with Gasteiger partial charge in [-0.1, -0.05) is 49.4 Å². The van der Waals surface area contributed by atoms with Gasteiger partial charge in [-0.05, 0) is 35.6 Å². The van der Waals surface area contributed by atoms with Crippen molar-refractivity contribution in [2.24, 2.45) is 0 Å². The van der Waals surface area contributed by atoms with Crippen LogP contribution in [0.5, 0.6) is 0 Å². The van der Waals surface area contributed by atoms with Gasteiger partial charge in [0.25, 0.3) is 0 Å². The smallest absolute Gasteiger partial charge is 0.220 e. The zero-order chi connectivity index (χ0) is 13.3. The van der Waals surface area contributed by atoms with Crippen molar-refractivity contribution in [3.05, 3.63) is 48.0 Å². The number of fused-ring (bicyclic) bond motifs is 1. The van der Waals surface area contributed by atoms with Gasteiger partial charge in [-0.15, -0.1) is 0 Å². The second kappa shape index (κ2) is 4.69. The van der Waals surface area contributed by atoms with Crippen molar-refractivity contribution in [2.45, 2.75) is 38.1 Å². The molecular formula is C17H19NO. The molecule has 1 N–H and O–H groups in total. The summed E-state index contributed by atoms with van der Waals surface area (Å²) in [4.78, 5) is 11.5. The quantitative estimate of drug-likeness (QED) is 0.892. The lowest BCUT2D eigenvalue weighted by atomic mass is 9.86. The largest absolute Gasteiger partial charge is 0.350 e. The fourth-order valence-electron chi connectivity index (χ4n) is 3.04. The van der Waals surface area contributed by atoms with Crippen LogP contribution in [0.15, 0.2) is 42.5 Å². The Balaban J connectivity index is 1.90. The van der Waals surface area contributed by atoms with Gasteiger partial charge in [0.1, 0.15) is 0 Å². The van der Waals surface area contributed by atoms with Gasteiger partial charge in [-0.25, -0.2) is 0 Å². The van der Waals surface area contributed by atoms with Gasteiger partial charge < -0.3 is 5.32 Å². The maximum absolute atomic E-state index is 11.5. The summed E-state index contributed by atoms with van der Waals surface area (Å²) in [6.07, 6.45) is 3.54. The average molecular weight is 253 g/mol. The fourth-order valence-corrected chi connectivity index (χ4v) is 3.04. The SMILES string of the molecule is CCC1(Cc2ccc3ccccc3c2)CCC(=O)N1. The minimum absolute atomic E-state index is 0.0282. The Morgan fingerprint density at radius 2 is 1.95 bits per heavy atom. The number of hydrogen-bond acceptors (Lipinski definition) is 1. The average Bonchev–Trinajstić information content (AvgIpc) is 2.80. The second-order valence-corrected chi connectivity index (χ2v) is 5.54. The van der Waals surface area contributed by atoms with Gasteiger partial charge in [0.2, 0.25) is 5.91 Å². The molecule has 0 radical (unpaired) electrons. The third-order valence-electron chi connectivity index (χ3n) is 4.27. The highest BCUT2D eigenvalue weighted by atomic mass is 16.2. The van der Waals surface area contributed by atoms with Crippen molar-refractivity contribution in [3.63, 3.8) is 0 Å². The third-order valence-corrected chi connectivity index (χ3v) is 4.27. The van der Waals surface area contributed by atoms with Crippen LogP contribution in [0.3, 0.4) is 0 Å². The Morgan fingerprint density at radius 3 is 2.63 bits per heavy atom.